The van der Waals surface area contributed by atoms with Gasteiger partial charge in [-0.1, -0.05) is 49.4 Å². The Balaban J connectivity index is 1.27. The van der Waals surface area contributed by atoms with Gasteiger partial charge in [0.25, 0.3) is 0 Å². The fourth-order valence-corrected chi connectivity index (χ4v) is 3.88. The van der Waals surface area contributed by atoms with Gasteiger partial charge < -0.3 is 10.2 Å². The van der Waals surface area contributed by atoms with Crippen molar-refractivity contribution in [2.45, 2.75) is 39.3 Å². The molecule has 6 nitrogen and oxygen atoms in total. The van der Waals surface area contributed by atoms with E-state index < -0.39 is 0 Å². The number of carbonyl (C=O) groups excluding carboxylic acids is 2. The van der Waals surface area contributed by atoms with Gasteiger partial charge in [0.2, 0.25) is 11.8 Å². The normalized spacial score (nSPS) is 16.8. The maximum atomic E-state index is 12.6. The second-order valence-electron chi connectivity index (χ2n) is 8.15. The SMILES string of the molecule is CC1(C(=O)N2Cc3n[nH]c(NC(=O)Cc4ccc5ccccc5c4)c3C2)CC1. The maximum absolute atomic E-state index is 12.6. The van der Waals surface area contributed by atoms with Crippen LogP contribution in [0.15, 0.2) is 42.5 Å². The Kier molecular flexibility index (Phi) is 3.75. The minimum Gasteiger partial charge on any atom is -0.332 e. The van der Waals surface area contributed by atoms with Crippen LogP contribution in [0, 0.1) is 5.41 Å². The van der Waals surface area contributed by atoms with Crippen molar-refractivity contribution in [3.05, 3.63) is 59.3 Å². The zero-order valence-electron chi connectivity index (χ0n) is 15.8. The molecule has 0 atom stereocenters. The highest BCUT2D eigenvalue weighted by Crippen LogP contribution is 2.47. The molecule has 28 heavy (non-hydrogen) atoms. The Labute approximate surface area is 162 Å². The quantitative estimate of drug-likeness (QED) is 0.735. The highest BCUT2D eigenvalue weighted by atomic mass is 16.2. The number of fused-ring (bicyclic) bond motifs is 2. The molecule has 2 heterocycles. The zero-order valence-corrected chi connectivity index (χ0v) is 15.8. The molecule has 2 N–H and O–H groups in total. The molecule has 1 aromatic heterocycles. The van der Waals surface area contributed by atoms with E-state index in [4.69, 9.17) is 0 Å². The molecule has 0 bridgehead atoms. The Morgan fingerprint density at radius 1 is 1.14 bits per heavy atom. The van der Waals surface area contributed by atoms with Gasteiger partial charge in [-0.2, -0.15) is 5.10 Å². The number of hydrogen-bond donors (Lipinski definition) is 2. The standard InChI is InChI=1S/C22H22N4O2/c1-22(8-9-22)21(28)26-12-17-18(13-26)24-25-20(17)23-19(27)11-14-6-7-15-4-2-3-5-16(15)10-14/h2-7,10H,8-9,11-13H2,1H3,(H2,23,24,25,27). The largest absolute Gasteiger partial charge is 0.332 e. The number of amides is 2. The van der Waals surface area contributed by atoms with Gasteiger partial charge in [-0.25, -0.2) is 0 Å². The monoisotopic (exact) mass is 374 g/mol. The third-order valence-corrected chi connectivity index (χ3v) is 5.89. The predicted molar refractivity (Wildman–Crippen MR) is 106 cm³/mol. The molecule has 1 fully saturated rings. The van der Waals surface area contributed by atoms with Crippen LogP contribution in [0.1, 0.15) is 36.6 Å². The van der Waals surface area contributed by atoms with Crippen LogP contribution in [0.3, 0.4) is 0 Å². The van der Waals surface area contributed by atoms with Crippen molar-refractivity contribution in [3.8, 4) is 0 Å². The summed E-state index contributed by atoms with van der Waals surface area (Å²) >= 11 is 0. The molecule has 6 heteroatoms. The molecule has 2 aromatic carbocycles. The Morgan fingerprint density at radius 3 is 2.71 bits per heavy atom. The lowest BCUT2D eigenvalue weighted by Gasteiger charge is -2.19. The lowest BCUT2D eigenvalue weighted by molar-refractivity contribution is -0.137. The third-order valence-electron chi connectivity index (χ3n) is 5.89. The summed E-state index contributed by atoms with van der Waals surface area (Å²) in [5.74, 6) is 0.705. The minimum absolute atomic E-state index is 0.0966. The Bertz CT molecular complexity index is 1100. The maximum Gasteiger partial charge on any atom is 0.229 e. The van der Waals surface area contributed by atoms with E-state index in [1.807, 2.05) is 48.2 Å². The number of nitrogens with one attached hydrogen (secondary N) is 2. The Morgan fingerprint density at radius 2 is 1.93 bits per heavy atom. The summed E-state index contributed by atoms with van der Waals surface area (Å²) in [5.41, 5.74) is 2.54. The van der Waals surface area contributed by atoms with E-state index >= 15 is 0 Å². The van der Waals surface area contributed by atoms with E-state index in [-0.39, 0.29) is 17.2 Å². The topological polar surface area (TPSA) is 78.1 Å². The van der Waals surface area contributed by atoms with Crippen molar-refractivity contribution in [1.82, 2.24) is 15.1 Å². The highest BCUT2D eigenvalue weighted by Gasteiger charge is 2.48. The van der Waals surface area contributed by atoms with Crippen LogP contribution in [0.4, 0.5) is 5.82 Å². The van der Waals surface area contributed by atoms with Crippen molar-refractivity contribution >= 4 is 28.4 Å². The molecule has 3 aromatic rings. The van der Waals surface area contributed by atoms with Gasteiger partial charge >= 0.3 is 0 Å². The van der Waals surface area contributed by atoms with Crippen LogP contribution in [0.2, 0.25) is 0 Å². The van der Waals surface area contributed by atoms with E-state index in [0.29, 0.717) is 25.3 Å². The second-order valence-corrected chi connectivity index (χ2v) is 8.15. The van der Waals surface area contributed by atoms with E-state index in [1.165, 1.54) is 0 Å². The molecule has 142 valence electrons. The average Bonchev–Trinajstić information content (AvgIpc) is 3.14. The molecule has 2 amide bonds. The summed E-state index contributed by atoms with van der Waals surface area (Å²) in [6.45, 7) is 3.04. The summed E-state index contributed by atoms with van der Waals surface area (Å²) in [4.78, 5) is 27.0. The predicted octanol–water partition coefficient (Wildman–Crippen LogP) is 3.39. The second kappa shape index (κ2) is 6.19. The number of benzene rings is 2. The lowest BCUT2D eigenvalue weighted by atomic mass is 10.0. The molecule has 2 aliphatic rings. The van der Waals surface area contributed by atoms with Crippen LogP contribution in [-0.4, -0.2) is 26.9 Å². The summed E-state index contributed by atoms with van der Waals surface area (Å²) in [6.07, 6.45) is 2.21. The zero-order chi connectivity index (χ0) is 19.3. The van der Waals surface area contributed by atoms with E-state index in [2.05, 4.69) is 21.6 Å². The first-order valence-electron chi connectivity index (χ1n) is 9.65. The van der Waals surface area contributed by atoms with Crippen molar-refractivity contribution < 1.29 is 9.59 Å². The minimum atomic E-state index is -0.188. The molecule has 5 rings (SSSR count). The molecule has 1 aliphatic carbocycles. The van der Waals surface area contributed by atoms with Gasteiger partial charge in [0, 0.05) is 11.0 Å². The molecule has 0 spiro atoms. The fourth-order valence-electron chi connectivity index (χ4n) is 3.88. The number of H-pyrrole nitrogens is 1. The first-order chi connectivity index (χ1) is 13.5. The fraction of sp³-hybridized carbons (Fsp3) is 0.318. The number of hydrogen-bond acceptors (Lipinski definition) is 3. The van der Waals surface area contributed by atoms with Crippen molar-refractivity contribution in [1.29, 1.82) is 0 Å². The molecule has 0 radical (unpaired) electrons. The number of anilines is 1. The van der Waals surface area contributed by atoms with Gasteiger partial charge in [0.05, 0.1) is 25.2 Å². The summed E-state index contributed by atoms with van der Waals surface area (Å²) < 4.78 is 0. The summed E-state index contributed by atoms with van der Waals surface area (Å²) in [7, 11) is 0. The van der Waals surface area contributed by atoms with Crippen LogP contribution in [0.25, 0.3) is 10.8 Å². The molecular weight excluding hydrogens is 352 g/mol. The number of aromatic amines is 1. The van der Waals surface area contributed by atoms with Crippen molar-refractivity contribution in [2.24, 2.45) is 5.41 Å². The summed E-state index contributed by atoms with van der Waals surface area (Å²) in [5, 5.41) is 12.4. The molecule has 1 aliphatic heterocycles. The van der Waals surface area contributed by atoms with Gasteiger partial charge in [-0.3, -0.25) is 14.7 Å². The van der Waals surface area contributed by atoms with Gasteiger partial charge in [-0.15, -0.1) is 0 Å². The van der Waals surface area contributed by atoms with Crippen molar-refractivity contribution in [3.63, 3.8) is 0 Å². The molecule has 0 unspecified atom stereocenters. The van der Waals surface area contributed by atoms with Crippen molar-refractivity contribution in [2.75, 3.05) is 5.32 Å². The third kappa shape index (κ3) is 2.95. The number of rotatable bonds is 4. The Hall–Kier alpha value is -3.15. The van der Waals surface area contributed by atoms with Gasteiger partial charge in [-0.05, 0) is 29.2 Å². The first-order valence-corrected chi connectivity index (χ1v) is 9.65. The van der Waals surface area contributed by atoms with Crippen LogP contribution in [-0.2, 0) is 29.1 Å². The van der Waals surface area contributed by atoms with E-state index in [1.54, 1.807) is 0 Å². The number of carbonyl (C=O) groups is 2. The number of nitrogens with zero attached hydrogens (tertiary/aromatic N) is 2. The summed E-state index contributed by atoms with van der Waals surface area (Å²) in [6, 6.07) is 14.2. The van der Waals surface area contributed by atoms with Gasteiger partial charge in [0.1, 0.15) is 5.82 Å². The molecular formula is C22H22N4O2. The molecule has 1 saturated carbocycles. The number of aromatic nitrogens is 2. The van der Waals surface area contributed by atoms with E-state index in [9.17, 15) is 9.59 Å². The smallest absolute Gasteiger partial charge is 0.229 e. The first kappa shape index (κ1) is 17.0. The van der Waals surface area contributed by atoms with E-state index in [0.717, 1.165) is 40.4 Å². The van der Waals surface area contributed by atoms with Crippen LogP contribution < -0.4 is 5.32 Å². The lowest BCUT2D eigenvalue weighted by Crippen LogP contribution is -2.32. The van der Waals surface area contributed by atoms with Crippen LogP contribution >= 0.6 is 0 Å². The van der Waals surface area contributed by atoms with Gasteiger partial charge in [0.15, 0.2) is 0 Å². The molecule has 0 saturated heterocycles. The van der Waals surface area contributed by atoms with Crippen LogP contribution in [0.5, 0.6) is 0 Å². The average molecular weight is 374 g/mol. The highest BCUT2D eigenvalue weighted by molar-refractivity contribution is 5.93.